The minimum atomic E-state index is -0.0722. The van der Waals surface area contributed by atoms with Crippen molar-refractivity contribution in [2.24, 2.45) is 5.92 Å². The number of hydrogen-bond donors (Lipinski definition) is 1. The minimum Gasteiger partial charge on any atom is -0.310 e. The topological polar surface area (TPSA) is 12.0 Å². The zero-order chi connectivity index (χ0) is 11.7. The Balaban J connectivity index is 2.32. The molecule has 0 aliphatic heterocycles. The molecule has 0 saturated carbocycles. The quantitative estimate of drug-likeness (QED) is 0.890. The molecule has 0 heterocycles. The lowest BCUT2D eigenvalue weighted by Gasteiger charge is -2.18. The number of benzene rings is 1. The first-order valence-corrected chi connectivity index (χ1v) is 6.64. The maximum Gasteiger partial charge on any atom is 0.127 e. The minimum absolute atomic E-state index is 0.0722. The van der Waals surface area contributed by atoms with Crippen LogP contribution >= 0.6 is 15.9 Å². The molecule has 1 aromatic carbocycles. The van der Waals surface area contributed by atoms with Crippen LogP contribution in [0.2, 0.25) is 0 Å². The highest BCUT2D eigenvalue weighted by Crippen LogP contribution is 2.38. The number of hydrogen-bond acceptors (Lipinski definition) is 1. The van der Waals surface area contributed by atoms with E-state index < -0.39 is 0 Å². The van der Waals surface area contributed by atoms with E-state index in [1.165, 1.54) is 0 Å². The Morgan fingerprint density at radius 3 is 2.94 bits per heavy atom. The van der Waals surface area contributed by atoms with Crippen LogP contribution in [0.5, 0.6) is 0 Å². The van der Waals surface area contributed by atoms with Gasteiger partial charge in [-0.1, -0.05) is 29.8 Å². The molecular weight excluding hydrogens is 269 g/mol. The van der Waals surface area contributed by atoms with Crippen molar-refractivity contribution in [2.75, 3.05) is 6.54 Å². The average Bonchev–Trinajstić information content (AvgIpc) is 2.53. The van der Waals surface area contributed by atoms with Gasteiger partial charge in [0.25, 0.3) is 0 Å². The second-order valence-corrected chi connectivity index (χ2v) is 5.48. The molecule has 1 nitrogen and oxygen atoms in total. The third-order valence-electron chi connectivity index (χ3n) is 3.24. The van der Waals surface area contributed by atoms with E-state index in [0.717, 1.165) is 35.0 Å². The van der Waals surface area contributed by atoms with Gasteiger partial charge in [-0.2, -0.15) is 0 Å². The molecule has 2 rings (SSSR count). The Bertz CT molecular complexity index is 392. The van der Waals surface area contributed by atoms with Crippen LogP contribution in [0.4, 0.5) is 4.39 Å². The molecule has 0 fully saturated rings. The first kappa shape index (κ1) is 12.1. The standard InChI is InChI=1S/C13H17BrFN/c1-3-4-16-13-8(2)5-10-11(13)6-9(14)7-12(10)15/h6-8,13,16H,3-5H2,1-2H3. The predicted molar refractivity (Wildman–Crippen MR) is 68.0 cm³/mol. The second kappa shape index (κ2) is 4.84. The van der Waals surface area contributed by atoms with Gasteiger partial charge in [-0.05, 0) is 48.6 Å². The van der Waals surface area contributed by atoms with Crippen LogP contribution in [0.25, 0.3) is 0 Å². The van der Waals surface area contributed by atoms with Crippen LogP contribution in [-0.4, -0.2) is 6.54 Å². The third-order valence-corrected chi connectivity index (χ3v) is 3.70. The molecule has 1 N–H and O–H groups in total. The van der Waals surface area contributed by atoms with Crippen LogP contribution in [0.3, 0.4) is 0 Å². The Kier molecular flexibility index (Phi) is 3.65. The molecular formula is C13H17BrFN. The normalized spacial score (nSPS) is 23.5. The highest BCUT2D eigenvalue weighted by molar-refractivity contribution is 9.10. The second-order valence-electron chi connectivity index (χ2n) is 4.57. The van der Waals surface area contributed by atoms with Crippen LogP contribution in [-0.2, 0) is 6.42 Å². The van der Waals surface area contributed by atoms with Crippen molar-refractivity contribution in [3.05, 3.63) is 33.5 Å². The number of rotatable bonds is 3. The first-order valence-electron chi connectivity index (χ1n) is 5.84. The lowest BCUT2D eigenvalue weighted by Crippen LogP contribution is -2.24. The third kappa shape index (κ3) is 2.16. The highest BCUT2D eigenvalue weighted by atomic mass is 79.9. The van der Waals surface area contributed by atoms with Gasteiger partial charge in [-0.15, -0.1) is 0 Å². The molecule has 0 bridgehead atoms. The Morgan fingerprint density at radius 2 is 2.25 bits per heavy atom. The molecule has 3 heteroatoms. The van der Waals surface area contributed by atoms with Crippen molar-refractivity contribution < 1.29 is 4.39 Å². The van der Waals surface area contributed by atoms with Crippen molar-refractivity contribution in [1.29, 1.82) is 0 Å². The van der Waals surface area contributed by atoms with E-state index in [2.05, 4.69) is 41.2 Å². The maximum atomic E-state index is 13.8. The Labute approximate surface area is 105 Å². The highest BCUT2D eigenvalue weighted by Gasteiger charge is 2.31. The molecule has 0 aromatic heterocycles. The van der Waals surface area contributed by atoms with Crippen molar-refractivity contribution in [3.8, 4) is 0 Å². The monoisotopic (exact) mass is 285 g/mol. The van der Waals surface area contributed by atoms with E-state index in [-0.39, 0.29) is 5.82 Å². The van der Waals surface area contributed by atoms with Crippen LogP contribution in [0, 0.1) is 11.7 Å². The summed E-state index contributed by atoms with van der Waals surface area (Å²) < 4.78 is 14.6. The van der Waals surface area contributed by atoms with Crippen molar-refractivity contribution >= 4 is 15.9 Å². The van der Waals surface area contributed by atoms with E-state index in [1.807, 2.05) is 0 Å². The SMILES string of the molecule is CCCNC1c2cc(Br)cc(F)c2CC1C. The van der Waals surface area contributed by atoms with E-state index in [0.29, 0.717) is 12.0 Å². The van der Waals surface area contributed by atoms with E-state index >= 15 is 0 Å². The molecule has 88 valence electrons. The largest absolute Gasteiger partial charge is 0.310 e. The van der Waals surface area contributed by atoms with Crippen molar-refractivity contribution in [2.45, 2.75) is 32.7 Å². The van der Waals surface area contributed by atoms with E-state index in [9.17, 15) is 4.39 Å². The van der Waals surface area contributed by atoms with Gasteiger partial charge in [-0.3, -0.25) is 0 Å². The first-order chi connectivity index (χ1) is 7.63. The molecule has 0 saturated heterocycles. The van der Waals surface area contributed by atoms with Gasteiger partial charge in [0.2, 0.25) is 0 Å². The smallest absolute Gasteiger partial charge is 0.127 e. The Morgan fingerprint density at radius 1 is 1.50 bits per heavy atom. The fourth-order valence-corrected chi connectivity index (χ4v) is 2.92. The molecule has 0 spiro atoms. The van der Waals surface area contributed by atoms with Crippen LogP contribution in [0.1, 0.15) is 37.4 Å². The molecule has 2 unspecified atom stereocenters. The molecule has 0 radical (unpaired) electrons. The summed E-state index contributed by atoms with van der Waals surface area (Å²) in [6.45, 7) is 5.32. The van der Waals surface area contributed by atoms with Gasteiger partial charge < -0.3 is 5.32 Å². The fraction of sp³-hybridized carbons (Fsp3) is 0.538. The molecule has 2 atom stereocenters. The molecule has 16 heavy (non-hydrogen) atoms. The van der Waals surface area contributed by atoms with Crippen molar-refractivity contribution in [1.82, 2.24) is 5.32 Å². The summed E-state index contributed by atoms with van der Waals surface area (Å²) >= 11 is 3.36. The molecule has 0 amide bonds. The number of fused-ring (bicyclic) bond motifs is 1. The Hall–Kier alpha value is -0.410. The van der Waals surface area contributed by atoms with Gasteiger partial charge in [0.1, 0.15) is 5.82 Å². The van der Waals surface area contributed by atoms with Crippen molar-refractivity contribution in [3.63, 3.8) is 0 Å². The van der Waals surface area contributed by atoms with Gasteiger partial charge >= 0.3 is 0 Å². The van der Waals surface area contributed by atoms with Gasteiger partial charge in [0.15, 0.2) is 0 Å². The maximum absolute atomic E-state index is 13.8. The van der Waals surface area contributed by atoms with Crippen LogP contribution < -0.4 is 5.32 Å². The van der Waals surface area contributed by atoms with E-state index in [4.69, 9.17) is 0 Å². The fourth-order valence-electron chi connectivity index (χ4n) is 2.47. The lowest BCUT2D eigenvalue weighted by molar-refractivity contribution is 0.416. The number of halogens is 2. The van der Waals surface area contributed by atoms with Gasteiger partial charge in [0.05, 0.1) is 0 Å². The average molecular weight is 286 g/mol. The summed E-state index contributed by atoms with van der Waals surface area (Å²) in [6.07, 6.45) is 1.95. The molecule has 1 aromatic rings. The molecule has 1 aliphatic rings. The zero-order valence-corrected chi connectivity index (χ0v) is 11.3. The summed E-state index contributed by atoms with van der Waals surface area (Å²) in [5.41, 5.74) is 2.03. The van der Waals surface area contributed by atoms with Gasteiger partial charge in [0, 0.05) is 10.5 Å². The molecule has 1 aliphatic carbocycles. The summed E-state index contributed by atoms with van der Waals surface area (Å²) in [7, 11) is 0. The number of nitrogens with one attached hydrogen (secondary N) is 1. The van der Waals surface area contributed by atoms with Crippen LogP contribution in [0.15, 0.2) is 16.6 Å². The predicted octanol–water partition coefficient (Wildman–Crippen LogP) is 3.82. The lowest BCUT2D eigenvalue weighted by atomic mass is 10.0. The van der Waals surface area contributed by atoms with E-state index in [1.54, 1.807) is 6.07 Å². The summed E-state index contributed by atoms with van der Waals surface area (Å²) in [6, 6.07) is 3.92. The zero-order valence-electron chi connectivity index (χ0n) is 9.69. The van der Waals surface area contributed by atoms with Gasteiger partial charge in [-0.25, -0.2) is 4.39 Å². The summed E-state index contributed by atoms with van der Waals surface area (Å²) in [5.74, 6) is 0.405. The summed E-state index contributed by atoms with van der Waals surface area (Å²) in [4.78, 5) is 0. The summed E-state index contributed by atoms with van der Waals surface area (Å²) in [5, 5.41) is 3.50.